The van der Waals surface area contributed by atoms with Crippen LogP contribution >= 0.6 is 15.9 Å². The molecule has 3 N–H and O–H groups in total. The van der Waals surface area contributed by atoms with Gasteiger partial charge < -0.3 is 15.8 Å². The molecule has 0 spiro atoms. The minimum absolute atomic E-state index is 0.0383. The Morgan fingerprint density at radius 3 is 2.75 bits per heavy atom. The Morgan fingerprint density at radius 2 is 2.10 bits per heavy atom. The maximum absolute atomic E-state index is 10.8. The predicted molar refractivity (Wildman–Crippen MR) is 76.9 cm³/mol. The van der Waals surface area contributed by atoms with Crippen LogP contribution in [0.25, 0.3) is 0 Å². The van der Waals surface area contributed by atoms with Gasteiger partial charge in [-0.2, -0.15) is 9.97 Å². The first-order valence-corrected chi connectivity index (χ1v) is 6.22. The molecule has 2 aromatic rings. The van der Waals surface area contributed by atoms with Crippen LogP contribution in [-0.4, -0.2) is 21.9 Å². The van der Waals surface area contributed by atoms with Crippen LogP contribution in [0, 0.1) is 10.1 Å². The molecular weight excluding hydrogens is 330 g/mol. The molecular formula is C11H10BrN5O3. The summed E-state index contributed by atoms with van der Waals surface area (Å²) in [6.45, 7) is 0. The van der Waals surface area contributed by atoms with E-state index in [0.29, 0.717) is 10.3 Å². The molecule has 0 amide bonds. The van der Waals surface area contributed by atoms with Gasteiger partial charge in [0.1, 0.15) is 11.6 Å². The van der Waals surface area contributed by atoms with E-state index < -0.39 is 4.92 Å². The lowest BCUT2D eigenvalue weighted by Crippen LogP contribution is -2.01. The Hall–Kier alpha value is -2.42. The molecule has 1 heterocycles. The predicted octanol–water partition coefficient (Wildman–Crippen LogP) is 2.56. The Labute approximate surface area is 122 Å². The maximum Gasteiger partial charge on any atom is 0.274 e. The van der Waals surface area contributed by atoms with Gasteiger partial charge in [0.05, 0.1) is 11.0 Å². The van der Waals surface area contributed by atoms with Gasteiger partial charge >= 0.3 is 0 Å². The lowest BCUT2D eigenvalue weighted by Gasteiger charge is -2.07. The van der Waals surface area contributed by atoms with E-state index in [1.807, 2.05) is 0 Å². The fraction of sp³-hybridized carbons (Fsp3) is 0.0909. The van der Waals surface area contributed by atoms with E-state index in [2.05, 4.69) is 31.2 Å². The molecule has 8 nitrogen and oxygen atoms in total. The number of nitro benzene ring substituents is 1. The van der Waals surface area contributed by atoms with Crippen molar-refractivity contribution >= 4 is 33.4 Å². The van der Waals surface area contributed by atoms with Crippen molar-refractivity contribution in [1.82, 2.24) is 9.97 Å². The third-order valence-electron chi connectivity index (χ3n) is 2.27. The van der Waals surface area contributed by atoms with Gasteiger partial charge in [-0.1, -0.05) is 15.9 Å². The topological polar surface area (TPSA) is 116 Å². The van der Waals surface area contributed by atoms with Crippen LogP contribution in [-0.2, 0) is 0 Å². The minimum atomic E-state index is -0.509. The summed E-state index contributed by atoms with van der Waals surface area (Å²) in [5, 5.41) is 13.6. The van der Waals surface area contributed by atoms with E-state index in [9.17, 15) is 10.1 Å². The van der Waals surface area contributed by atoms with Crippen molar-refractivity contribution in [2.24, 2.45) is 0 Å². The molecule has 0 fully saturated rings. The van der Waals surface area contributed by atoms with Crippen LogP contribution in [0.3, 0.4) is 0 Å². The van der Waals surface area contributed by atoms with Crippen molar-refractivity contribution in [3.8, 4) is 11.6 Å². The largest absolute Gasteiger partial charge is 0.438 e. The second kappa shape index (κ2) is 5.70. The molecule has 20 heavy (non-hydrogen) atoms. The van der Waals surface area contributed by atoms with E-state index in [-0.39, 0.29) is 23.3 Å². The number of hydrogen-bond donors (Lipinski definition) is 2. The number of nitrogens with zero attached hydrogens (tertiary/aromatic N) is 3. The number of anilines is 2. The molecule has 0 saturated heterocycles. The van der Waals surface area contributed by atoms with Gasteiger partial charge in [0, 0.05) is 23.7 Å². The van der Waals surface area contributed by atoms with E-state index in [4.69, 9.17) is 10.5 Å². The van der Waals surface area contributed by atoms with Crippen LogP contribution in [0.4, 0.5) is 17.5 Å². The molecule has 0 aliphatic rings. The second-order valence-electron chi connectivity index (χ2n) is 3.70. The molecule has 9 heteroatoms. The number of non-ortho nitro benzene ring substituents is 1. The Bertz CT molecular complexity index is 665. The molecule has 1 aromatic heterocycles. The number of ether oxygens (including phenoxy) is 1. The van der Waals surface area contributed by atoms with Crippen LogP contribution in [0.2, 0.25) is 0 Å². The van der Waals surface area contributed by atoms with Gasteiger partial charge in [-0.05, 0) is 6.07 Å². The lowest BCUT2D eigenvalue weighted by molar-refractivity contribution is -0.385. The standard InChI is InChI=1S/C11H10BrN5O3/c1-14-9-5-10(16-11(13)15-9)20-8-3-6(12)2-7(4-8)17(18)19/h2-5H,1H3,(H3,13,14,15,16). The first kappa shape index (κ1) is 14.0. The van der Waals surface area contributed by atoms with Gasteiger partial charge in [0.2, 0.25) is 11.8 Å². The van der Waals surface area contributed by atoms with E-state index in [0.717, 1.165) is 0 Å². The summed E-state index contributed by atoms with van der Waals surface area (Å²) in [4.78, 5) is 18.1. The summed E-state index contributed by atoms with van der Waals surface area (Å²) in [5.41, 5.74) is 5.44. The maximum atomic E-state index is 10.8. The monoisotopic (exact) mass is 339 g/mol. The molecule has 0 atom stereocenters. The smallest absolute Gasteiger partial charge is 0.274 e. The van der Waals surface area contributed by atoms with Gasteiger partial charge in [-0.25, -0.2) is 0 Å². The quantitative estimate of drug-likeness (QED) is 0.649. The van der Waals surface area contributed by atoms with Crippen LogP contribution in [0.15, 0.2) is 28.7 Å². The second-order valence-corrected chi connectivity index (χ2v) is 4.62. The first-order valence-electron chi connectivity index (χ1n) is 5.43. The zero-order valence-electron chi connectivity index (χ0n) is 10.3. The summed E-state index contributed by atoms with van der Waals surface area (Å²) < 4.78 is 5.99. The number of nitro groups is 1. The van der Waals surface area contributed by atoms with Crippen molar-refractivity contribution in [3.05, 3.63) is 38.9 Å². The van der Waals surface area contributed by atoms with Crippen molar-refractivity contribution in [1.29, 1.82) is 0 Å². The van der Waals surface area contributed by atoms with E-state index in [1.54, 1.807) is 13.1 Å². The summed E-state index contributed by atoms with van der Waals surface area (Å²) >= 11 is 3.18. The fourth-order valence-corrected chi connectivity index (χ4v) is 1.92. The number of nitrogens with one attached hydrogen (secondary N) is 1. The van der Waals surface area contributed by atoms with Crippen LogP contribution in [0.1, 0.15) is 0 Å². The van der Waals surface area contributed by atoms with Crippen molar-refractivity contribution < 1.29 is 9.66 Å². The number of benzene rings is 1. The average molecular weight is 340 g/mol. The number of aromatic nitrogens is 2. The fourth-order valence-electron chi connectivity index (χ4n) is 1.46. The third-order valence-corrected chi connectivity index (χ3v) is 2.72. The summed E-state index contributed by atoms with van der Waals surface area (Å²) in [7, 11) is 1.68. The van der Waals surface area contributed by atoms with Gasteiger partial charge in [0.25, 0.3) is 5.69 Å². The highest BCUT2D eigenvalue weighted by molar-refractivity contribution is 9.10. The lowest BCUT2D eigenvalue weighted by atomic mass is 10.3. The summed E-state index contributed by atoms with van der Waals surface area (Å²) in [6, 6.07) is 5.79. The van der Waals surface area contributed by atoms with Gasteiger partial charge in [-0.15, -0.1) is 0 Å². The number of hydrogen-bond acceptors (Lipinski definition) is 7. The number of nitrogens with two attached hydrogens (primary N) is 1. The first-order chi connectivity index (χ1) is 9.47. The SMILES string of the molecule is CNc1cc(Oc2cc(Br)cc([N+](=O)[O-])c2)nc(N)n1. The van der Waals surface area contributed by atoms with Crippen molar-refractivity contribution in [2.75, 3.05) is 18.1 Å². The highest BCUT2D eigenvalue weighted by atomic mass is 79.9. The molecule has 1 aromatic carbocycles. The highest BCUT2D eigenvalue weighted by Crippen LogP contribution is 2.29. The molecule has 0 radical (unpaired) electrons. The van der Waals surface area contributed by atoms with Crippen molar-refractivity contribution in [2.45, 2.75) is 0 Å². The molecule has 0 unspecified atom stereocenters. The number of nitrogen functional groups attached to an aromatic ring is 1. The summed E-state index contributed by atoms with van der Waals surface area (Å²) in [6.07, 6.45) is 0. The molecule has 0 bridgehead atoms. The molecule has 2 rings (SSSR count). The molecule has 0 saturated carbocycles. The van der Waals surface area contributed by atoms with Crippen LogP contribution in [0.5, 0.6) is 11.6 Å². The van der Waals surface area contributed by atoms with Crippen LogP contribution < -0.4 is 15.8 Å². The Balaban J connectivity index is 2.34. The molecule has 104 valence electrons. The Morgan fingerprint density at radius 1 is 1.35 bits per heavy atom. The molecule has 0 aliphatic carbocycles. The normalized spacial score (nSPS) is 10.1. The minimum Gasteiger partial charge on any atom is -0.438 e. The number of rotatable bonds is 4. The van der Waals surface area contributed by atoms with E-state index >= 15 is 0 Å². The summed E-state index contributed by atoms with van der Waals surface area (Å²) in [5.74, 6) is 0.980. The van der Waals surface area contributed by atoms with Gasteiger partial charge in [-0.3, -0.25) is 10.1 Å². The average Bonchev–Trinajstić information content (AvgIpc) is 2.37. The van der Waals surface area contributed by atoms with Crippen molar-refractivity contribution in [3.63, 3.8) is 0 Å². The zero-order valence-corrected chi connectivity index (χ0v) is 11.9. The van der Waals surface area contributed by atoms with E-state index in [1.165, 1.54) is 18.2 Å². The zero-order chi connectivity index (χ0) is 14.7. The third kappa shape index (κ3) is 3.32. The Kier molecular flexibility index (Phi) is 3.99. The molecule has 0 aliphatic heterocycles. The number of halogens is 1. The highest BCUT2D eigenvalue weighted by Gasteiger charge is 2.11. The van der Waals surface area contributed by atoms with Gasteiger partial charge in [0.15, 0.2) is 0 Å².